The highest BCUT2D eigenvalue weighted by atomic mass is 15.2. The van der Waals surface area contributed by atoms with E-state index < -0.39 is 0 Å². The summed E-state index contributed by atoms with van der Waals surface area (Å²) in [6.07, 6.45) is 7.87. The molecular formula is C17H26N2. The van der Waals surface area contributed by atoms with Gasteiger partial charge in [-0.1, -0.05) is 25.5 Å². The maximum Gasteiger partial charge on any atom is 0.0429 e. The number of benzene rings is 1. The van der Waals surface area contributed by atoms with Gasteiger partial charge < -0.3 is 5.32 Å². The second kappa shape index (κ2) is 5.96. The number of fused-ring (bicyclic) bond motifs is 1. The summed E-state index contributed by atoms with van der Waals surface area (Å²) in [4.78, 5) is 2.66. The van der Waals surface area contributed by atoms with Crippen LogP contribution in [0.2, 0.25) is 0 Å². The first-order valence-corrected chi connectivity index (χ1v) is 7.96. The van der Waals surface area contributed by atoms with Crippen LogP contribution in [0.25, 0.3) is 0 Å². The van der Waals surface area contributed by atoms with Gasteiger partial charge in [-0.2, -0.15) is 0 Å². The molecule has 2 nitrogen and oxygen atoms in total. The molecule has 104 valence electrons. The molecule has 2 heterocycles. The van der Waals surface area contributed by atoms with E-state index in [1.807, 2.05) is 0 Å². The van der Waals surface area contributed by atoms with E-state index in [1.165, 1.54) is 62.9 Å². The Kier molecular flexibility index (Phi) is 4.07. The Labute approximate surface area is 117 Å². The van der Waals surface area contributed by atoms with Crippen LogP contribution in [0.3, 0.4) is 0 Å². The van der Waals surface area contributed by atoms with Gasteiger partial charge in [0.25, 0.3) is 0 Å². The van der Waals surface area contributed by atoms with Crippen molar-refractivity contribution in [1.82, 2.24) is 4.90 Å². The van der Waals surface area contributed by atoms with Gasteiger partial charge in [0.15, 0.2) is 0 Å². The third-order valence-corrected chi connectivity index (χ3v) is 4.73. The summed E-state index contributed by atoms with van der Waals surface area (Å²) in [5, 5.41) is 3.75. The molecule has 0 radical (unpaired) electrons. The van der Waals surface area contributed by atoms with Crippen LogP contribution in [-0.2, 0) is 6.42 Å². The molecule has 2 saturated heterocycles. The highest BCUT2D eigenvalue weighted by Crippen LogP contribution is 2.30. The van der Waals surface area contributed by atoms with Crippen molar-refractivity contribution in [2.75, 3.05) is 18.4 Å². The van der Waals surface area contributed by atoms with E-state index >= 15 is 0 Å². The van der Waals surface area contributed by atoms with Crippen LogP contribution < -0.4 is 5.32 Å². The smallest absolute Gasteiger partial charge is 0.0429 e. The number of nitrogens with zero attached hydrogens (tertiary/aromatic N) is 1. The monoisotopic (exact) mass is 258 g/mol. The highest BCUT2D eigenvalue weighted by molar-refractivity contribution is 5.46. The van der Waals surface area contributed by atoms with Gasteiger partial charge in [0.05, 0.1) is 0 Å². The third-order valence-electron chi connectivity index (χ3n) is 4.73. The van der Waals surface area contributed by atoms with Crippen molar-refractivity contribution >= 4 is 5.69 Å². The number of unbranched alkanes of at least 4 members (excludes halogenated alkanes) is 1. The maximum absolute atomic E-state index is 3.75. The summed E-state index contributed by atoms with van der Waals surface area (Å²) >= 11 is 0. The fraction of sp³-hybridized carbons (Fsp3) is 0.647. The van der Waals surface area contributed by atoms with Crippen LogP contribution in [0.5, 0.6) is 0 Å². The Morgan fingerprint density at radius 3 is 2.79 bits per heavy atom. The van der Waals surface area contributed by atoms with Crippen molar-refractivity contribution in [3.8, 4) is 0 Å². The Hall–Kier alpha value is -1.02. The summed E-state index contributed by atoms with van der Waals surface area (Å²) in [6.45, 7) is 4.86. The fourth-order valence-electron chi connectivity index (χ4n) is 3.61. The molecule has 1 aromatic carbocycles. The zero-order chi connectivity index (χ0) is 13.1. The average Bonchev–Trinajstić information content (AvgIpc) is 3.03. The zero-order valence-corrected chi connectivity index (χ0v) is 12.1. The van der Waals surface area contributed by atoms with Crippen molar-refractivity contribution < 1.29 is 0 Å². The van der Waals surface area contributed by atoms with Crippen LogP contribution in [-0.4, -0.2) is 30.1 Å². The van der Waals surface area contributed by atoms with Gasteiger partial charge in [-0.25, -0.2) is 0 Å². The van der Waals surface area contributed by atoms with Crippen molar-refractivity contribution in [3.05, 3.63) is 29.8 Å². The minimum atomic E-state index is 0.670. The third kappa shape index (κ3) is 2.94. The Morgan fingerprint density at radius 1 is 1.16 bits per heavy atom. The van der Waals surface area contributed by atoms with Crippen molar-refractivity contribution in [1.29, 1.82) is 0 Å². The quantitative estimate of drug-likeness (QED) is 0.866. The predicted molar refractivity (Wildman–Crippen MR) is 81.7 cm³/mol. The molecule has 1 N–H and O–H groups in total. The molecule has 0 spiro atoms. The second-order valence-electron chi connectivity index (χ2n) is 6.09. The van der Waals surface area contributed by atoms with Crippen molar-refractivity contribution in [2.45, 2.75) is 57.5 Å². The first kappa shape index (κ1) is 13.0. The molecule has 19 heavy (non-hydrogen) atoms. The lowest BCUT2D eigenvalue weighted by atomic mass is 10.1. The lowest BCUT2D eigenvalue weighted by Gasteiger charge is -2.22. The molecule has 0 amide bonds. The summed E-state index contributed by atoms with van der Waals surface area (Å²) in [6, 6.07) is 10.6. The Bertz CT molecular complexity index is 398. The van der Waals surface area contributed by atoms with Gasteiger partial charge in [-0.3, -0.25) is 4.90 Å². The van der Waals surface area contributed by atoms with Crippen LogP contribution in [0.4, 0.5) is 5.69 Å². The van der Waals surface area contributed by atoms with E-state index in [0.717, 1.165) is 6.04 Å². The van der Waals surface area contributed by atoms with E-state index in [4.69, 9.17) is 0 Å². The number of rotatable bonds is 5. The highest BCUT2D eigenvalue weighted by Gasteiger charge is 2.36. The largest absolute Gasteiger partial charge is 0.381 e. The molecule has 0 aliphatic carbocycles. The van der Waals surface area contributed by atoms with E-state index in [2.05, 4.69) is 41.4 Å². The molecule has 2 atom stereocenters. The minimum Gasteiger partial charge on any atom is -0.381 e. The zero-order valence-electron chi connectivity index (χ0n) is 12.1. The van der Waals surface area contributed by atoms with Crippen LogP contribution in [0.1, 0.15) is 44.6 Å². The molecule has 2 aliphatic rings. The van der Waals surface area contributed by atoms with Crippen molar-refractivity contribution in [2.24, 2.45) is 0 Å². The van der Waals surface area contributed by atoms with Gasteiger partial charge in [-0.05, 0) is 56.3 Å². The average molecular weight is 258 g/mol. The Balaban J connectivity index is 1.57. The molecule has 3 rings (SSSR count). The van der Waals surface area contributed by atoms with E-state index in [9.17, 15) is 0 Å². The summed E-state index contributed by atoms with van der Waals surface area (Å²) in [7, 11) is 0. The van der Waals surface area contributed by atoms with Gasteiger partial charge >= 0.3 is 0 Å². The van der Waals surface area contributed by atoms with Crippen LogP contribution >= 0.6 is 0 Å². The predicted octanol–water partition coefficient (Wildman–Crippen LogP) is 3.68. The number of hydrogen-bond donors (Lipinski definition) is 1. The number of nitrogens with one attached hydrogen (secondary N) is 1. The number of anilines is 1. The molecule has 2 unspecified atom stereocenters. The van der Waals surface area contributed by atoms with Gasteiger partial charge in [0.1, 0.15) is 0 Å². The molecule has 0 saturated carbocycles. The minimum absolute atomic E-state index is 0.670. The first-order chi connectivity index (χ1) is 9.36. The standard InChI is InChI=1S/C17H26N2/c1-2-3-5-14-7-9-15(10-8-14)18-16-11-13-19-12-4-6-17(16)19/h7-10,16-18H,2-6,11-13H2,1H3. The maximum atomic E-state index is 3.75. The topological polar surface area (TPSA) is 15.3 Å². The lowest BCUT2D eigenvalue weighted by molar-refractivity contribution is 0.318. The van der Waals surface area contributed by atoms with Crippen LogP contribution in [0.15, 0.2) is 24.3 Å². The summed E-state index contributed by atoms with van der Waals surface area (Å²) in [5.41, 5.74) is 2.78. The number of aryl methyl sites for hydroxylation is 1. The van der Waals surface area contributed by atoms with Crippen molar-refractivity contribution in [3.63, 3.8) is 0 Å². The first-order valence-electron chi connectivity index (χ1n) is 7.96. The van der Waals surface area contributed by atoms with E-state index in [0.29, 0.717) is 6.04 Å². The second-order valence-corrected chi connectivity index (χ2v) is 6.09. The number of hydrogen-bond acceptors (Lipinski definition) is 2. The molecule has 0 aromatic heterocycles. The molecule has 1 aromatic rings. The van der Waals surface area contributed by atoms with Gasteiger partial charge in [0, 0.05) is 24.3 Å². The molecule has 2 heteroatoms. The molecular weight excluding hydrogens is 232 g/mol. The summed E-state index contributed by atoms with van der Waals surface area (Å²) < 4.78 is 0. The Morgan fingerprint density at radius 2 is 2.00 bits per heavy atom. The normalized spacial score (nSPS) is 26.6. The lowest BCUT2D eigenvalue weighted by Crippen LogP contribution is -2.33. The van der Waals surface area contributed by atoms with E-state index in [1.54, 1.807) is 0 Å². The molecule has 2 aliphatic heterocycles. The van der Waals surface area contributed by atoms with E-state index in [-0.39, 0.29) is 0 Å². The summed E-state index contributed by atoms with van der Waals surface area (Å²) in [5.74, 6) is 0. The van der Waals surface area contributed by atoms with Gasteiger partial charge in [-0.15, -0.1) is 0 Å². The SMILES string of the molecule is CCCCc1ccc(NC2CCN3CCCC23)cc1. The van der Waals surface area contributed by atoms with Crippen LogP contribution in [0, 0.1) is 0 Å². The molecule has 2 fully saturated rings. The van der Waals surface area contributed by atoms with Gasteiger partial charge in [0.2, 0.25) is 0 Å². The molecule has 0 bridgehead atoms. The fourth-order valence-corrected chi connectivity index (χ4v) is 3.61.